The van der Waals surface area contributed by atoms with Crippen molar-refractivity contribution in [2.75, 3.05) is 12.4 Å². The summed E-state index contributed by atoms with van der Waals surface area (Å²) in [7, 11) is 1.43. The molecule has 1 fully saturated rings. The van der Waals surface area contributed by atoms with E-state index in [1.165, 1.54) is 48.3 Å². The molecule has 1 atom stereocenters. The number of aromatic carboxylic acids is 1. The molecule has 0 aromatic heterocycles. The summed E-state index contributed by atoms with van der Waals surface area (Å²) in [4.78, 5) is 40.9. The average molecular weight is 451 g/mol. The molecule has 1 saturated heterocycles. The number of nitrogens with one attached hydrogen (secondary N) is 1. The number of nitrogens with zero attached hydrogens (tertiary/aromatic N) is 2. The summed E-state index contributed by atoms with van der Waals surface area (Å²) in [5.74, 6) is -1.96. The van der Waals surface area contributed by atoms with Crippen LogP contribution >= 0.6 is 11.8 Å². The molecule has 1 aliphatic rings. The summed E-state index contributed by atoms with van der Waals surface area (Å²) >= 11 is 0.987. The van der Waals surface area contributed by atoms with Gasteiger partial charge in [-0.1, -0.05) is 17.8 Å². The maximum atomic E-state index is 12.9. The fourth-order valence-corrected chi connectivity index (χ4v) is 3.89. The first-order valence-corrected chi connectivity index (χ1v) is 9.76. The second-order valence-electron chi connectivity index (χ2n) is 6.58. The van der Waals surface area contributed by atoms with Gasteiger partial charge >= 0.3 is 12.1 Å². The van der Waals surface area contributed by atoms with Gasteiger partial charge in [0.05, 0.1) is 16.8 Å². The van der Waals surface area contributed by atoms with E-state index in [9.17, 15) is 27.6 Å². The number of alkyl halides is 3. The number of anilines is 1. The smallest absolute Gasteiger partial charge is 0.416 e. The predicted molar refractivity (Wildman–Crippen MR) is 109 cm³/mol. The molecule has 2 N–H and O–H groups in total. The number of thioether (sulfide) groups is 1. The van der Waals surface area contributed by atoms with Gasteiger partial charge in [0.15, 0.2) is 5.17 Å². The van der Waals surface area contributed by atoms with Gasteiger partial charge in [-0.15, -0.1) is 0 Å². The number of carbonyl (C=O) groups is 3. The van der Waals surface area contributed by atoms with Crippen LogP contribution in [0.4, 0.5) is 24.5 Å². The Bertz CT molecular complexity index is 1050. The van der Waals surface area contributed by atoms with Gasteiger partial charge in [0.25, 0.3) is 0 Å². The molecule has 2 aromatic rings. The first-order valence-electron chi connectivity index (χ1n) is 8.88. The van der Waals surface area contributed by atoms with Crippen LogP contribution in [0.3, 0.4) is 0 Å². The van der Waals surface area contributed by atoms with Crippen molar-refractivity contribution in [3.63, 3.8) is 0 Å². The van der Waals surface area contributed by atoms with Gasteiger partial charge < -0.3 is 10.4 Å². The van der Waals surface area contributed by atoms with E-state index in [0.29, 0.717) is 5.69 Å². The summed E-state index contributed by atoms with van der Waals surface area (Å²) in [6, 6.07) is 9.95. The van der Waals surface area contributed by atoms with E-state index in [1.54, 1.807) is 0 Å². The lowest BCUT2D eigenvalue weighted by molar-refractivity contribution is -0.137. The van der Waals surface area contributed by atoms with Crippen LogP contribution in [0, 0.1) is 0 Å². The number of carboxylic acids is 1. The molecule has 2 amide bonds. The first kappa shape index (κ1) is 22.3. The van der Waals surface area contributed by atoms with Gasteiger partial charge in [-0.3, -0.25) is 14.5 Å². The Morgan fingerprint density at radius 1 is 1.19 bits per heavy atom. The Balaban J connectivity index is 1.68. The number of carboxylic acid groups (broad SMARTS) is 1. The molecule has 1 unspecified atom stereocenters. The lowest BCUT2D eigenvalue weighted by atomic mass is 10.2. The number of amidine groups is 1. The number of hydrogen-bond acceptors (Lipinski definition) is 5. The number of aliphatic imine (C=N–C) groups is 1. The minimum Gasteiger partial charge on any atom is -0.478 e. The van der Waals surface area contributed by atoms with E-state index >= 15 is 0 Å². The van der Waals surface area contributed by atoms with Gasteiger partial charge in [0.2, 0.25) is 11.8 Å². The van der Waals surface area contributed by atoms with Crippen molar-refractivity contribution in [2.24, 2.45) is 4.99 Å². The molecule has 0 aliphatic carbocycles. The van der Waals surface area contributed by atoms with E-state index in [-0.39, 0.29) is 22.8 Å². The van der Waals surface area contributed by atoms with Crippen LogP contribution < -0.4 is 5.32 Å². The molecular formula is C20H16F3N3O4S. The molecular weight excluding hydrogens is 435 g/mol. The maximum absolute atomic E-state index is 12.9. The Morgan fingerprint density at radius 3 is 2.48 bits per heavy atom. The standard InChI is InChI=1S/C20H16F3N3O4S/c1-26-17(28)15(10-16(27)24-13-7-5-11(6-8-13)18(29)30)31-19(26)25-14-4-2-3-12(9-14)20(21,22)23/h2-9,15H,10H2,1H3,(H,24,27)(H,29,30). The predicted octanol–water partition coefficient (Wildman–Crippen LogP) is 3.99. The molecule has 7 nitrogen and oxygen atoms in total. The van der Waals surface area contributed by atoms with Crippen molar-refractivity contribution < 1.29 is 32.7 Å². The normalized spacial score (nSPS) is 17.8. The fourth-order valence-electron chi connectivity index (χ4n) is 2.74. The Hall–Kier alpha value is -3.34. The van der Waals surface area contributed by atoms with Crippen LogP contribution in [0.5, 0.6) is 0 Å². The van der Waals surface area contributed by atoms with Crippen molar-refractivity contribution in [3.8, 4) is 0 Å². The molecule has 3 rings (SSSR count). The summed E-state index contributed by atoms with van der Waals surface area (Å²) in [5, 5.41) is 10.9. The highest BCUT2D eigenvalue weighted by Gasteiger charge is 2.37. The maximum Gasteiger partial charge on any atom is 0.416 e. The van der Waals surface area contributed by atoms with Crippen LogP contribution in [0.2, 0.25) is 0 Å². The molecule has 11 heteroatoms. The number of halogens is 3. The van der Waals surface area contributed by atoms with Gasteiger partial charge in [-0.25, -0.2) is 9.79 Å². The Morgan fingerprint density at radius 2 is 1.87 bits per heavy atom. The lowest BCUT2D eigenvalue weighted by Crippen LogP contribution is -2.30. The number of rotatable bonds is 5. The zero-order chi connectivity index (χ0) is 22.8. The quantitative estimate of drug-likeness (QED) is 0.716. The van der Waals surface area contributed by atoms with Gasteiger partial charge in [0.1, 0.15) is 5.25 Å². The first-order chi connectivity index (χ1) is 14.5. The van der Waals surface area contributed by atoms with Crippen LogP contribution in [-0.2, 0) is 15.8 Å². The monoisotopic (exact) mass is 451 g/mol. The van der Waals surface area contributed by atoms with Gasteiger partial charge in [0, 0.05) is 19.2 Å². The molecule has 0 spiro atoms. The van der Waals surface area contributed by atoms with Crippen LogP contribution in [0.15, 0.2) is 53.5 Å². The number of carbonyl (C=O) groups excluding carboxylic acids is 2. The summed E-state index contributed by atoms with van der Waals surface area (Å²) in [6.45, 7) is 0. The fraction of sp³-hybridized carbons (Fsp3) is 0.200. The van der Waals surface area contributed by atoms with Crippen molar-refractivity contribution in [1.29, 1.82) is 0 Å². The molecule has 0 saturated carbocycles. The Kier molecular flexibility index (Phi) is 6.34. The van der Waals surface area contributed by atoms with Gasteiger partial charge in [-0.05, 0) is 42.5 Å². The third-order valence-corrected chi connectivity index (χ3v) is 5.55. The zero-order valence-electron chi connectivity index (χ0n) is 16.0. The highest BCUT2D eigenvalue weighted by atomic mass is 32.2. The summed E-state index contributed by atoms with van der Waals surface area (Å²) in [5.41, 5.74) is -0.370. The van der Waals surface area contributed by atoms with E-state index < -0.39 is 34.8 Å². The van der Waals surface area contributed by atoms with E-state index in [0.717, 1.165) is 23.9 Å². The Labute approximate surface area is 179 Å². The molecule has 2 aromatic carbocycles. The highest BCUT2D eigenvalue weighted by Crippen LogP contribution is 2.34. The lowest BCUT2D eigenvalue weighted by Gasteiger charge is -2.10. The molecule has 1 heterocycles. The largest absolute Gasteiger partial charge is 0.478 e. The van der Waals surface area contributed by atoms with Crippen LogP contribution in [0.1, 0.15) is 22.3 Å². The average Bonchev–Trinajstić information content (AvgIpc) is 2.95. The second kappa shape index (κ2) is 8.80. The number of amides is 2. The number of benzene rings is 2. The van der Waals surface area contributed by atoms with Gasteiger partial charge in [-0.2, -0.15) is 13.2 Å². The number of hydrogen-bond donors (Lipinski definition) is 2. The third-order valence-electron chi connectivity index (χ3n) is 4.33. The van der Waals surface area contributed by atoms with Crippen LogP contribution in [-0.4, -0.2) is 45.3 Å². The van der Waals surface area contributed by atoms with Crippen molar-refractivity contribution in [2.45, 2.75) is 17.8 Å². The van der Waals surface area contributed by atoms with Crippen molar-refractivity contribution in [1.82, 2.24) is 4.90 Å². The van der Waals surface area contributed by atoms with E-state index in [2.05, 4.69) is 10.3 Å². The molecule has 0 bridgehead atoms. The third kappa shape index (κ3) is 5.43. The topological polar surface area (TPSA) is 99.1 Å². The molecule has 0 radical (unpaired) electrons. The minimum atomic E-state index is -4.51. The summed E-state index contributed by atoms with van der Waals surface area (Å²) < 4.78 is 38.6. The second-order valence-corrected chi connectivity index (χ2v) is 7.75. The highest BCUT2D eigenvalue weighted by molar-refractivity contribution is 8.15. The minimum absolute atomic E-state index is 0.0422. The van der Waals surface area contributed by atoms with E-state index in [1.807, 2.05) is 0 Å². The molecule has 1 aliphatic heterocycles. The molecule has 31 heavy (non-hydrogen) atoms. The van der Waals surface area contributed by atoms with Crippen LogP contribution in [0.25, 0.3) is 0 Å². The zero-order valence-corrected chi connectivity index (χ0v) is 16.8. The van der Waals surface area contributed by atoms with E-state index in [4.69, 9.17) is 5.11 Å². The van der Waals surface area contributed by atoms with Crippen molar-refractivity contribution in [3.05, 3.63) is 59.7 Å². The molecule has 162 valence electrons. The SMILES string of the molecule is CN1C(=O)C(CC(=O)Nc2ccc(C(=O)O)cc2)SC1=Nc1cccc(C(F)(F)F)c1. The summed E-state index contributed by atoms with van der Waals surface area (Å²) in [6.07, 6.45) is -4.69. The van der Waals surface area contributed by atoms with Crippen molar-refractivity contribution >= 4 is 46.1 Å².